The molecule has 0 spiro atoms. The molecule has 0 saturated heterocycles. The predicted octanol–water partition coefficient (Wildman–Crippen LogP) is 5.32. The number of fused-ring (bicyclic) bond motifs is 1. The number of H-pyrrole nitrogens is 1. The molecule has 3 N–H and O–H groups in total. The van der Waals surface area contributed by atoms with E-state index >= 15 is 0 Å². The number of rotatable bonds is 8. The summed E-state index contributed by atoms with van der Waals surface area (Å²) in [7, 11) is -1.12. The molecular weight excluding hydrogens is 538 g/mol. The number of urea groups is 1. The van der Waals surface area contributed by atoms with E-state index in [9.17, 15) is 14.4 Å². The van der Waals surface area contributed by atoms with Crippen LogP contribution in [0.3, 0.4) is 0 Å². The van der Waals surface area contributed by atoms with Crippen LogP contribution in [-0.4, -0.2) is 63.1 Å². The maximum atomic E-state index is 13.8. The second-order valence-electron chi connectivity index (χ2n) is 12.1. The van der Waals surface area contributed by atoms with Crippen LogP contribution in [0.4, 0.5) is 10.6 Å². The van der Waals surface area contributed by atoms with E-state index in [-0.39, 0.29) is 29.8 Å². The largest absolute Gasteiger partial charge is 0.460 e. The minimum atomic E-state index is -1.12. The van der Waals surface area contributed by atoms with Crippen LogP contribution >= 0.6 is 10.0 Å². The number of aromatic amines is 1. The van der Waals surface area contributed by atoms with Gasteiger partial charge in [-0.05, 0) is 69.6 Å². The number of benzene rings is 2. The SMILES string of the molecule is CC1(C)c2[nH]nc(NC(=O)C3(S(C)(C)C)CCC3)c2CN1C(=O)N[C@H](COC(=O)c1ccccc1)c1ccccc1. The van der Waals surface area contributed by atoms with Crippen molar-refractivity contribution in [2.45, 2.75) is 56.0 Å². The first kappa shape index (κ1) is 28.7. The number of aromatic nitrogens is 2. The molecule has 9 nitrogen and oxygen atoms in total. The van der Waals surface area contributed by atoms with Crippen molar-refractivity contribution in [1.29, 1.82) is 0 Å². The van der Waals surface area contributed by atoms with Crippen LogP contribution in [0, 0.1) is 0 Å². The van der Waals surface area contributed by atoms with E-state index in [1.54, 1.807) is 29.2 Å². The summed E-state index contributed by atoms with van der Waals surface area (Å²) in [5.74, 6) is 0.0513. The number of carbonyl (C=O) groups excluding carboxylic acids is 3. The summed E-state index contributed by atoms with van der Waals surface area (Å²) in [5.41, 5.74) is 2.16. The van der Waals surface area contributed by atoms with Gasteiger partial charge in [0.25, 0.3) is 0 Å². The lowest BCUT2D eigenvalue weighted by atomic mass is 9.83. The van der Waals surface area contributed by atoms with Crippen LogP contribution in [0.25, 0.3) is 0 Å². The molecule has 5 rings (SSSR count). The zero-order valence-electron chi connectivity index (χ0n) is 24.3. The van der Waals surface area contributed by atoms with Gasteiger partial charge in [-0.25, -0.2) is 19.6 Å². The fourth-order valence-electron chi connectivity index (χ4n) is 5.73. The van der Waals surface area contributed by atoms with E-state index in [0.717, 1.165) is 36.1 Å². The van der Waals surface area contributed by atoms with Gasteiger partial charge < -0.3 is 20.3 Å². The van der Waals surface area contributed by atoms with E-state index in [1.807, 2.05) is 50.2 Å². The lowest BCUT2D eigenvalue weighted by Crippen LogP contribution is -2.51. The minimum Gasteiger partial charge on any atom is -0.460 e. The zero-order chi connectivity index (χ0) is 29.4. The van der Waals surface area contributed by atoms with Gasteiger partial charge in [0.15, 0.2) is 5.82 Å². The highest BCUT2D eigenvalue weighted by Crippen LogP contribution is 2.60. The van der Waals surface area contributed by atoms with Gasteiger partial charge in [-0.1, -0.05) is 48.5 Å². The molecular formula is C31H39N5O4S. The fourth-order valence-corrected chi connectivity index (χ4v) is 7.85. The van der Waals surface area contributed by atoms with Crippen LogP contribution in [0.2, 0.25) is 0 Å². The number of amides is 3. The van der Waals surface area contributed by atoms with E-state index in [0.29, 0.717) is 11.4 Å². The number of anilines is 1. The lowest BCUT2D eigenvalue weighted by molar-refractivity contribution is -0.120. The molecule has 3 amide bonds. The Morgan fingerprint density at radius 3 is 2.24 bits per heavy atom. The Bertz CT molecular complexity index is 1430. The molecule has 2 aromatic carbocycles. The van der Waals surface area contributed by atoms with Crippen LogP contribution in [-0.2, 0) is 21.6 Å². The van der Waals surface area contributed by atoms with E-state index in [2.05, 4.69) is 39.6 Å². The van der Waals surface area contributed by atoms with Gasteiger partial charge in [0, 0.05) is 5.56 Å². The summed E-state index contributed by atoms with van der Waals surface area (Å²) in [6.07, 6.45) is 9.41. The number of esters is 1. The Morgan fingerprint density at radius 2 is 1.66 bits per heavy atom. The molecule has 0 bridgehead atoms. The molecule has 1 atom stereocenters. The van der Waals surface area contributed by atoms with Gasteiger partial charge in [0.05, 0.1) is 34.1 Å². The number of hydrogen-bond donors (Lipinski definition) is 3. The Balaban J connectivity index is 1.31. The summed E-state index contributed by atoms with van der Waals surface area (Å²) < 4.78 is 5.27. The van der Waals surface area contributed by atoms with E-state index in [4.69, 9.17) is 4.74 Å². The molecule has 2 heterocycles. The highest BCUT2D eigenvalue weighted by molar-refractivity contribution is 8.33. The molecule has 1 saturated carbocycles. The highest BCUT2D eigenvalue weighted by atomic mass is 32.3. The average Bonchev–Trinajstić information content (AvgIpc) is 3.43. The van der Waals surface area contributed by atoms with Gasteiger partial charge in [0.1, 0.15) is 6.61 Å². The van der Waals surface area contributed by atoms with Gasteiger partial charge >= 0.3 is 12.0 Å². The first-order valence-corrected chi connectivity index (χ1v) is 16.7. The monoisotopic (exact) mass is 577 g/mol. The number of nitrogens with one attached hydrogen (secondary N) is 3. The molecule has 1 aliphatic heterocycles. The van der Waals surface area contributed by atoms with Crippen LogP contribution < -0.4 is 10.6 Å². The van der Waals surface area contributed by atoms with Crippen molar-refractivity contribution in [1.82, 2.24) is 20.4 Å². The first-order valence-electron chi connectivity index (χ1n) is 13.9. The summed E-state index contributed by atoms with van der Waals surface area (Å²) >= 11 is 0. The summed E-state index contributed by atoms with van der Waals surface area (Å²) in [6.45, 7) is 4.15. The van der Waals surface area contributed by atoms with Crippen molar-refractivity contribution in [3.05, 3.63) is 83.0 Å². The smallest absolute Gasteiger partial charge is 0.338 e. The van der Waals surface area contributed by atoms with Crippen molar-refractivity contribution in [2.24, 2.45) is 0 Å². The number of ether oxygens (including phenoxy) is 1. The van der Waals surface area contributed by atoms with Crippen LogP contribution in [0.15, 0.2) is 60.7 Å². The maximum absolute atomic E-state index is 13.8. The topological polar surface area (TPSA) is 116 Å². The Kier molecular flexibility index (Phi) is 7.63. The third-order valence-electron chi connectivity index (χ3n) is 8.58. The zero-order valence-corrected chi connectivity index (χ0v) is 25.1. The predicted molar refractivity (Wildman–Crippen MR) is 162 cm³/mol. The molecule has 2 aliphatic rings. The number of hydrogen-bond acceptors (Lipinski definition) is 5. The summed E-state index contributed by atoms with van der Waals surface area (Å²) in [6, 6.07) is 17.4. The molecule has 1 fully saturated rings. The molecule has 218 valence electrons. The Morgan fingerprint density at radius 1 is 1.02 bits per heavy atom. The van der Waals surface area contributed by atoms with E-state index in [1.165, 1.54) is 0 Å². The molecule has 41 heavy (non-hydrogen) atoms. The van der Waals surface area contributed by atoms with Crippen LogP contribution in [0.1, 0.15) is 66.3 Å². The standard InChI is InChI=1S/C31H39N5O4S/c1-30(2)25-23(26(35-34-25)33-28(38)31(17-12-18-31)41(3,4)5)19-36(30)29(39)32-24(21-13-8-6-9-14-21)20-40-27(37)22-15-10-7-11-16-22/h6-11,13-16,24H,12,17-20H2,1-5H3,(H,32,39)(H2,33,34,35,38)/t24-/m1/s1. The molecule has 3 aromatic rings. The summed E-state index contributed by atoms with van der Waals surface area (Å²) in [4.78, 5) is 41.6. The van der Waals surface area contributed by atoms with Crippen molar-refractivity contribution in [3.63, 3.8) is 0 Å². The van der Waals surface area contributed by atoms with Crippen LogP contribution in [0.5, 0.6) is 0 Å². The molecule has 1 aliphatic carbocycles. The van der Waals surface area contributed by atoms with Gasteiger partial charge in [-0.2, -0.15) is 5.10 Å². The molecule has 0 radical (unpaired) electrons. The lowest BCUT2D eigenvalue weighted by Gasteiger charge is -2.53. The quantitative estimate of drug-likeness (QED) is 0.313. The van der Waals surface area contributed by atoms with Crippen molar-refractivity contribution >= 4 is 33.8 Å². The average molecular weight is 578 g/mol. The highest BCUT2D eigenvalue weighted by Gasteiger charge is 2.51. The molecule has 0 unspecified atom stereocenters. The third kappa shape index (κ3) is 5.32. The minimum absolute atomic E-state index is 0.0191. The van der Waals surface area contributed by atoms with Gasteiger partial charge in [-0.15, -0.1) is 0 Å². The number of carbonyl (C=O) groups is 3. The third-order valence-corrected chi connectivity index (χ3v) is 11.5. The van der Waals surface area contributed by atoms with Crippen molar-refractivity contribution < 1.29 is 19.1 Å². The van der Waals surface area contributed by atoms with E-state index < -0.39 is 27.6 Å². The second kappa shape index (κ2) is 10.9. The van der Waals surface area contributed by atoms with Crippen molar-refractivity contribution in [2.75, 3.05) is 30.7 Å². The summed E-state index contributed by atoms with van der Waals surface area (Å²) in [5, 5.41) is 13.7. The maximum Gasteiger partial charge on any atom is 0.338 e. The number of nitrogens with zero attached hydrogens (tertiary/aromatic N) is 2. The fraction of sp³-hybridized carbons (Fsp3) is 0.419. The molecule has 10 heteroatoms. The second-order valence-corrected chi connectivity index (χ2v) is 16.5. The Labute approximate surface area is 242 Å². The first-order chi connectivity index (χ1) is 19.4. The van der Waals surface area contributed by atoms with Gasteiger partial charge in [0.2, 0.25) is 5.91 Å². The van der Waals surface area contributed by atoms with Crippen molar-refractivity contribution in [3.8, 4) is 0 Å². The normalized spacial score (nSPS) is 18.0. The Hall–Kier alpha value is -3.79. The molecule has 1 aromatic heterocycles. The van der Waals surface area contributed by atoms with Gasteiger partial charge in [-0.3, -0.25) is 9.89 Å².